The Labute approximate surface area is 132 Å². The second-order valence-corrected chi connectivity index (χ2v) is 5.48. The van der Waals surface area contributed by atoms with Crippen molar-refractivity contribution >= 4 is 11.9 Å². The molecule has 0 saturated carbocycles. The van der Waals surface area contributed by atoms with E-state index in [1.54, 1.807) is 13.8 Å². The van der Waals surface area contributed by atoms with Crippen molar-refractivity contribution in [2.45, 2.75) is 40.7 Å². The summed E-state index contributed by atoms with van der Waals surface area (Å²) in [5, 5.41) is 0. The van der Waals surface area contributed by atoms with E-state index >= 15 is 0 Å². The maximum Gasteiger partial charge on any atom is 0.334 e. The number of esters is 2. The van der Waals surface area contributed by atoms with E-state index in [1.165, 1.54) is 0 Å². The van der Waals surface area contributed by atoms with Gasteiger partial charge < -0.3 is 9.47 Å². The summed E-state index contributed by atoms with van der Waals surface area (Å²) in [4.78, 5) is 24.2. The van der Waals surface area contributed by atoms with Gasteiger partial charge in [-0.05, 0) is 31.7 Å². The van der Waals surface area contributed by atoms with Crippen molar-refractivity contribution in [2.24, 2.45) is 5.92 Å². The van der Waals surface area contributed by atoms with Gasteiger partial charge in [0, 0.05) is 11.1 Å². The van der Waals surface area contributed by atoms with Crippen LogP contribution in [0.15, 0.2) is 41.5 Å². The largest absolute Gasteiger partial charge is 0.463 e. The van der Waals surface area contributed by atoms with Crippen LogP contribution < -0.4 is 0 Å². The Morgan fingerprint density at radius 3 is 2.23 bits per heavy atom. The van der Waals surface area contributed by atoms with E-state index in [4.69, 9.17) is 9.47 Å². The fourth-order valence-electron chi connectivity index (χ4n) is 1.97. The molecule has 1 rings (SSSR count). The first-order chi connectivity index (χ1) is 10.5. The molecule has 120 valence electrons. The molecule has 0 aliphatic rings. The Bertz CT molecular complexity index is 529. The molecule has 4 nitrogen and oxygen atoms in total. The molecule has 1 aromatic rings. The molecule has 1 aromatic carbocycles. The van der Waals surface area contributed by atoms with Gasteiger partial charge in [-0.3, -0.25) is 0 Å². The number of hydrogen-bond acceptors (Lipinski definition) is 4. The highest BCUT2D eigenvalue weighted by molar-refractivity contribution is 6.00. The number of carbonyl (C=O) groups excluding carboxylic acids is 2. The topological polar surface area (TPSA) is 52.6 Å². The minimum absolute atomic E-state index is 0.192. The lowest BCUT2D eigenvalue weighted by atomic mass is 9.98. The average molecular weight is 304 g/mol. The summed E-state index contributed by atoms with van der Waals surface area (Å²) in [5.41, 5.74) is 1.63. The third kappa shape index (κ3) is 5.72. The van der Waals surface area contributed by atoms with Gasteiger partial charge >= 0.3 is 11.9 Å². The molecule has 0 aromatic heterocycles. The zero-order valence-electron chi connectivity index (χ0n) is 13.7. The minimum Gasteiger partial charge on any atom is -0.463 e. The highest BCUT2D eigenvalue weighted by atomic mass is 16.5. The first-order valence-electron chi connectivity index (χ1n) is 7.53. The van der Waals surface area contributed by atoms with Gasteiger partial charge in [0.05, 0.1) is 6.61 Å². The lowest BCUT2D eigenvalue weighted by Gasteiger charge is -2.13. The molecule has 22 heavy (non-hydrogen) atoms. The van der Waals surface area contributed by atoms with E-state index in [9.17, 15) is 9.59 Å². The zero-order chi connectivity index (χ0) is 16.5. The lowest BCUT2D eigenvalue weighted by molar-refractivity contribution is -0.143. The summed E-state index contributed by atoms with van der Waals surface area (Å²) in [6.07, 6.45) is 0.484. The predicted octanol–water partition coefficient (Wildman–Crippen LogP) is 3.66. The van der Waals surface area contributed by atoms with Gasteiger partial charge in [0.1, 0.15) is 6.61 Å². The van der Waals surface area contributed by atoms with Crippen LogP contribution in [0.3, 0.4) is 0 Å². The Balaban J connectivity index is 2.84. The second kappa shape index (κ2) is 9.03. The quantitative estimate of drug-likeness (QED) is 0.570. The SMILES string of the molecule is CCOC(=O)C(C)=C(CC(C)C)C(=O)OCc1ccccc1. The Morgan fingerprint density at radius 1 is 1.05 bits per heavy atom. The van der Waals surface area contributed by atoms with Crippen LogP contribution in [-0.2, 0) is 25.7 Å². The maximum absolute atomic E-state index is 12.3. The molecule has 4 heteroatoms. The van der Waals surface area contributed by atoms with E-state index in [0.29, 0.717) is 17.6 Å². The molecule has 0 spiro atoms. The van der Waals surface area contributed by atoms with Gasteiger partial charge in [-0.1, -0.05) is 44.2 Å². The van der Waals surface area contributed by atoms with Crippen LogP contribution in [0.5, 0.6) is 0 Å². The van der Waals surface area contributed by atoms with E-state index in [2.05, 4.69) is 0 Å². The molecule has 0 aliphatic heterocycles. The number of rotatable bonds is 7. The summed E-state index contributed by atoms with van der Waals surface area (Å²) in [7, 11) is 0. The van der Waals surface area contributed by atoms with Crippen molar-refractivity contribution in [1.29, 1.82) is 0 Å². The highest BCUT2D eigenvalue weighted by Crippen LogP contribution is 2.19. The fourth-order valence-corrected chi connectivity index (χ4v) is 1.97. The molecule has 0 amide bonds. The summed E-state index contributed by atoms with van der Waals surface area (Å²) in [6.45, 7) is 7.80. The van der Waals surface area contributed by atoms with Crippen LogP contribution in [0.25, 0.3) is 0 Å². The van der Waals surface area contributed by atoms with E-state index in [0.717, 1.165) is 5.56 Å². The Kier molecular flexibility index (Phi) is 7.37. The van der Waals surface area contributed by atoms with E-state index < -0.39 is 11.9 Å². The van der Waals surface area contributed by atoms with Crippen molar-refractivity contribution in [2.75, 3.05) is 6.61 Å². The van der Waals surface area contributed by atoms with E-state index in [1.807, 2.05) is 44.2 Å². The highest BCUT2D eigenvalue weighted by Gasteiger charge is 2.21. The summed E-state index contributed by atoms with van der Waals surface area (Å²) < 4.78 is 10.3. The second-order valence-electron chi connectivity index (χ2n) is 5.48. The average Bonchev–Trinajstić information content (AvgIpc) is 2.50. The Morgan fingerprint density at radius 2 is 1.68 bits per heavy atom. The molecule has 0 bridgehead atoms. The van der Waals surface area contributed by atoms with Gasteiger partial charge in [0.2, 0.25) is 0 Å². The number of ether oxygens (including phenoxy) is 2. The fraction of sp³-hybridized carbons (Fsp3) is 0.444. The van der Waals surface area contributed by atoms with Crippen molar-refractivity contribution in [1.82, 2.24) is 0 Å². The standard InChI is InChI=1S/C18H24O4/c1-5-21-17(19)14(4)16(11-13(2)3)18(20)22-12-15-9-7-6-8-10-15/h6-10,13H,5,11-12H2,1-4H3. The van der Waals surface area contributed by atoms with Gasteiger partial charge in [-0.2, -0.15) is 0 Å². The molecule has 0 fully saturated rings. The lowest BCUT2D eigenvalue weighted by Crippen LogP contribution is -2.16. The van der Waals surface area contributed by atoms with Crippen LogP contribution in [0.2, 0.25) is 0 Å². The monoisotopic (exact) mass is 304 g/mol. The maximum atomic E-state index is 12.3. The molecule has 0 saturated heterocycles. The van der Waals surface area contributed by atoms with Crippen molar-refractivity contribution < 1.29 is 19.1 Å². The van der Waals surface area contributed by atoms with Gasteiger partial charge in [-0.25, -0.2) is 9.59 Å². The van der Waals surface area contributed by atoms with Crippen LogP contribution in [-0.4, -0.2) is 18.5 Å². The van der Waals surface area contributed by atoms with E-state index in [-0.39, 0.29) is 19.1 Å². The molecule has 0 atom stereocenters. The minimum atomic E-state index is -0.463. The zero-order valence-corrected chi connectivity index (χ0v) is 13.7. The van der Waals surface area contributed by atoms with Gasteiger partial charge in [-0.15, -0.1) is 0 Å². The molecule has 0 N–H and O–H groups in total. The molecular weight excluding hydrogens is 280 g/mol. The first-order valence-corrected chi connectivity index (χ1v) is 7.53. The first kappa shape index (κ1) is 18.0. The molecule has 0 radical (unpaired) electrons. The van der Waals surface area contributed by atoms with Crippen LogP contribution in [0, 0.1) is 5.92 Å². The van der Waals surface area contributed by atoms with Crippen LogP contribution in [0.1, 0.15) is 39.7 Å². The van der Waals surface area contributed by atoms with Crippen molar-refractivity contribution in [3.05, 3.63) is 47.0 Å². The third-order valence-electron chi connectivity index (χ3n) is 3.11. The van der Waals surface area contributed by atoms with Crippen LogP contribution >= 0.6 is 0 Å². The normalized spacial score (nSPS) is 11.9. The molecule has 0 heterocycles. The summed E-state index contributed by atoms with van der Waals surface area (Å²) >= 11 is 0. The predicted molar refractivity (Wildman–Crippen MR) is 85.0 cm³/mol. The third-order valence-corrected chi connectivity index (χ3v) is 3.11. The summed E-state index contributed by atoms with van der Waals surface area (Å²) in [6, 6.07) is 9.45. The summed E-state index contributed by atoms with van der Waals surface area (Å²) in [5.74, 6) is -0.679. The smallest absolute Gasteiger partial charge is 0.334 e. The number of carbonyl (C=O) groups is 2. The Hall–Kier alpha value is -2.10. The van der Waals surface area contributed by atoms with Crippen molar-refractivity contribution in [3.63, 3.8) is 0 Å². The van der Waals surface area contributed by atoms with Gasteiger partial charge in [0.25, 0.3) is 0 Å². The number of benzene rings is 1. The molecular formula is C18H24O4. The van der Waals surface area contributed by atoms with Crippen molar-refractivity contribution in [3.8, 4) is 0 Å². The number of hydrogen-bond donors (Lipinski definition) is 0. The molecule has 0 aliphatic carbocycles. The van der Waals surface area contributed by atoms with Crippen LogP contribution in [0.4, 0.5) is 0 Å². The van der Waals surface area contributed by atoms with Gasteiger partial charge in [0.15, 0.2) is 0 Å². The molecule has 0 unspecified atom stereocenters.